The Bertz CT molecular complexity index is 947. The molecule has 0 saturated carbocycles. The van der Waals surface area contributed by atoms with Crippen LogP contribution < -0.4 is 4.90 Å². The van der Waals surface area contributed by atoms with Gasteiger partial charge in [-0.1, -0.05) is 17.7 Å². The number of benzene rings is 1. The number of amides is 1. The van der Waals surface area contributed by atoms with E-state index >= 15 is 0 Å². The van der Waals surface area contributed by atoms with Crippen LogP contribution in [0.4, 0.5) is 14.9 Å². The smallest absolute Gasteiger partial charge is 0.415 e. The summed E-state index contributed by atoms with van der Waals surface area (Å²) >= 11 is 5.70. The summed E-state index contributed by atoms with van der Waals surface area (Å²) in [5.74, 6) is -0.527. The number of nitrogens with zero attached hydrogens (tertiary/aromatic N) is 4. The third kappa shape index (κ3) is 3.13. The van der Waals surface area contributed by atoms with Crippen molar-refractivity contribution in [3.63, 3.8) is 0 Å². The average Bonchev–Trinajstić information content (AvgIpc) is 3.14. The first-order valence-electron chi connectivity index (χ1n) is 8.00. The molecule has 26 heavy (non-hydrogen) atoms. The number of halogens is 2. The molecule has 1 aliphatic rings. The van der Waals surface area contributed by atoms with Crippen LogP contribution in [0.5, 0.6) is 0 Å². The summed E-state index contributed by atoms with van der Waals surface area (Å²) in [6, 6.07) is 8.07. The molecule has 8 heteroatoms. The van der Waals surface area contributed by atoms with Crippen LogP contribution in [0.15, 0.2) is 55.1 Å². The topological polar surface area (TPSA) is 60.2 Å². The van der Waals surface area contributed by atoms with Gasteiger partial charge in [0.1, 0.15) is 11.9 Å². The number of cyclic esters (lactones) is 1. The summed E-state index contributed by atoms with van der Waals surface area (Å²) in [6.45, 7) is 0.440. The first-order valence-corrected chi connectivity index (χ1v) is 8.38. The zero-order valence-electron chi connectivity index (χ0n) is 13.5. The predicted molar refractivity (Wildman–Crippen MR) is 94.0 cm³/mol. The summed E-state index contributed by atoms with van der Waals surface area (Å²) in [4.78, 5) is 17.9. The van der Waals surface area contributed by atoms with Crippen molar-refractivity contribution < 1.29 is 13.9 Å². The van der Waals surface area contributed by atoms with Gasteiger partial charge in [-0.25, -0.2) is 13.9 Å². The highest BCUT2D eigenvalue weighted by Crippen LogP contribution is 2.31. The van der Waals surface area contributed by atoms with Crippen LogP contribution in [0.2, 0.25) is 5.02 Å². The third-order valence-corrected chi connectivity index (χ3v) is 4.51. The first kappa shape index (κ1) is 16.5. The number of hydrogen-bond acceptors (Lipinski definition) is 4. The lowest BCUT2D eigenvalue weighted by Crippen LogP contribution is -2.39. The SMILES string of the molecule is O=C1OC(c2ccc(Cl)c(F)c2)CCN1c1cnn(-c2ccncc2)c1. The Morgan fingerprint density at radius 1 is 1.19 bits per heavy atom. The van der Waals surface area contributed by atoms with Crippen molar-refractivity contribution in [1.82, 2.24) is 14.8 Å². The van der Waals surface area contributed by atoms with Gasteiger partial charge in [0.05, 0.1) is 28.8 Å². The monoisotopic (exact) mass is 372 g/mol. The van der Waals surface area contributed by atoms with Gasteiger partial charge >= 0.3 is 6.09 Å². The second-order valence-electron chi connectivity index (χ2n) is 5.83. The molecule has 0 spiro atoms. The van der Waals surface area contributed by atoms with Gasteiger partial charge in [0.15, 0.2) is 0 Å². The highest BCUT2D eigenvalue weighted by atomic mass is 35.5. The minimum Gasteiger partial charge on any atom is -0.441 e. The van der Waals surface area contributed by atoms with Crippen molar-refractivity contribution in [2.24, 2.45) is 0 Å². The summed E-state index contributed by atoms with van der Waals surface area (Å²) in [5, 5.41) is 4.31. The van der Waals surface area contributed by atoms with Crippen molar-refractivity contribution >= 4 is 23.4 Å². The van der Waals surface area contributed by atoms with Crippen molar-refractivity contribution in [2.45, 2.75) is 12.5 Å². The number of pyridine rings is 1. The highest BCUT2D eigenvalue weighted by molar-refractivity contribution is 6.30. The number of aromatic nitrogens is 3. The van der Waals surface area contributed by atoms with Crippen molar-refractivity contribution in [2.75, 3.05) is 11.4 Å². The van der Waals surface area contributed by atoms with Gasteiger partial charge in [-0.2, -0.15) is 5.10 Å². The van der Waals surface area contributed by atoms with E-state index in [1.165, 1.54) is 17.0 Å². The number of carbonyl (C=O) groups is 1. The zero-order valence-corrected chi connectivity index (χ0v) is 14.3. The quantitative estimate of drug-likeness (QED) is 0.693. The number of carbonyl (C=O) groups excluding carboxylic acids is 1. The molecule has 2 aromatic heterocycles. The van der Waals surface area contributed by atoms with Crippen LogP contribution in [-0.4, -0.2) is 27.4 Å². The van der Waals surface area contributed by atoms with Gasteiger partial charge in [0.25, 0.3) is 0 Å². The molecule has 0 N–H and O–H groups in total. The van der Waals surface area contributed by atoms with E-state index in [0.29, 0.717) is 24.2 Å². The van der Waals surface area contributed by atoms with Gasteiger partial charge < -0.3 is 4.74 Å². The Balaban J connectivity index is 1.50. The van der Waals surface area contributed by atoms with Crippen LogP contribution in [-0.2, 0) is 4.74 Å². The lowest BCUT2D eigenvalue weighted by atomic mass is 10.0. The van der Waals surface area contributed by atoms with Crippen LogP contribution in [0.1, 0.15) is 18.1 Å². The molecule has 4 rings (SSSR count). The minimum absolute atomic E-state index is 0.0426. The lowest BCUT2D eigenvalue weighted by molar-refractivity contribution is 0.0840. The summed E-state index contributed by atoms with van der Waals surface area (Å²) in [5.41, 5.74) is 2.06. The second-order valence-corrected chi connectivity index (χ2v) is 6.24. The maximum atomic E-state index is 13.6. The maximum Gasteiger partial charge on any atom is 0.415 e. The molecule has 1 unspecified atom stereocenters. The van der Waals surface area contributed by atoms with E-state index in [1.807, 2.05) is 12.1 Å². The fourth-order valence-corrected chi connectivity index (χ4v) is 2.97. The van der Waals surface area contributed by atoms with Crippen LogP contribution in [0.25, 0.3) is 5.69 Å². The van der Waals surface area contributed by atoms with E-state index in [2.05, 4.69) is 10.1 Å². The number of anilines is 1. The largest absolute Gasteiger partial charge is 0.441 e. The Labute approximate surface area is 153 Å². The van der Waals surface area contributed by atoms with Crippen LogP contribution in [0, 0.1) is 5.82 Å². The molecule has 1 atom stereocenters. The highest BCUT2D eigenvalue weighted by Gasteiger charge is 2.30. The van der Waals surface area contributed by atoms with E-state index in [-0.39, 0.29) is 5.02 Å². The Morgan fingerprint density at radius 2 is 2.00 bits per heavy atom. The van der Waals surface area contributed by atoms with Crippen molar-refractivity contribution in [1.29, 1.82) is 0 Å². The molecule has 132 valence electrons. The molecule has 1 fully saturated rings. The predicted octanol–water partition coefficient (Wildman–Crippen LogP) is 4.15. The van der Waals surface area contributed by atoms with Crippen molar-refractivity contribution in [3.05, 3.63) is 71.5 Å². The molecule has 3 heterocycles. The standard InChI is InChI=1S/C18H14ClFN4O2/c19-15-2-1-12(9-16(15)20)17-5-8-23(18(25)26-17)14-10-22-24(11-14)13-3-6-21-7-4-13/h1-4,6-7,9-11,17H,5,8H2. The van der Waals surface area contributed by atoms with Crippen LogP contribution >= 0.6 is 11.6 Å². The molecule has 3 aromatic rings. The van der Waals surface area contributed by atoms with E-state index in [0.717, 1.165) is 5.69 Å². The molecular formula is C18H14ClFN4O2. The van der Waals surface area contributed by atoms with E-state index < -0.39 is 18.0 Å². The van der Waals surface area contributed by atoms with Gasteiger partial charge in [0, 0.05) is 25.4 Å². The zero-order chi connectivity index (χ0) is 18.1. The Morgan fingerprint density at radius 3 is 2.73 bits per heavy atom. The molecular weight excluding hydrogens is 359 g/mol. The average molecular weight is 373 g/mol. The van der Waals surface area contributed by atoms with Gasteiger partial charge in [-0.3, -0.25) is 9.88 Å². The number of rotatable bonds is 3. The Hall–Kier alpha value is -2.93. The lowest BCUT2D eigenvalue weighted by Gasteiger charge is -2.31. The fourth-order valence-electron chi connectivity index (χ4n) is 2.85. The third-order valence-electron chi connectivity index (χ3n) is 4.20. The molecule has 1 aliphatic heterocycles. The molecule has 0 bridgehead atoms. The number of ether oxygens (including phenoxy) is 1. The van der Waals surface area contributed by atoms with Gasteiger partial charge in [-0.05, 0) is 29.8 Å². The minimum atomic E-state index is -0.527. The molecule has 1 saturated heterocycles. The van der Waals surface area contributed by atoms with Gasteiger partial charge in [-0.15, -0.1) is 0 Å². The van der Waals surface area contributed by atoms with E-state index in [1.54, 1.807) is 35.5 Å². The van der Waals surface area contributed by atoms with E-state index in [4.69, 9.17) is 16.3 Å². The maximum absolute atomic E-state index is 13.6. The molecule has 1 amide bonds. The summed E-state index contributed by atoms with van der Waals surface area (Å²) in [7, 11) is 0. The number of hydrogen-bond donors (Lipinski definition) is 0. The molecule has 0 radical (unpaired) electrons. The van der Waals surface area contributed by atoms with Gasteiger partial charge in [0.2, 0.25) is 0 Å². The summed E-state index contributed by atoms with van der Waals surface area (Å²) < 4.78 is 20.8. The van der Waals surface area contributed by atoms with Crippen molar-refractivity contribution in [3.8, 4) is 5.69 Å². The van der Waals surface area contributed by atoms with Crippen LogP contribution in [0.3, 0.4) is 0 Å². The normalized spacial score (nSPS) is 17.2. The second kappa shape index (κ2) is 6.76. The van der Waals surface area contributed by atoms with E-state index in [9.17, 15) is 9.18 Å². The first-order chi connectivity index (χ1) is 12.6. The molecule has 6 nitrogen and oxygen atoms in total. The molecule has 1 aromatic carbocycles. The Kier molecular flexibility index (Phi) is 4.30. The summed E-state index contributed by atoms with van der Waals surface area (Å²) in [6.07, 6.45) is 6.23. The fraction of sp³-hybridized carbons (Fsp3) is 0.167. The molecule has 0 aliphatic carbocycles.